The van der Waals surface area contributed by atoms with Gasteiger partial charge in [0.1, 0.15) is 5.15 Å². The molecule has 0 aliphatic carbocycles. The van der Waals surface area contributed by atoms with Crippen molar-refractivity contribution in [2.75, 3.05) is 12.8 Å². The molecule has 3 nitrogen and oxygen atoms in total. The fourth-order valence-electron chi connectivity index (χ4n) is 1.68. The molecule has 1 amide bonds. The maximum absolute atomic E-state index is 12.0. The largest absolute Gasteiger partial charge is 0.352 e. The highest BCUT2D eigenvalue weighted by molar-refractivity contribution is 7.99. The van der Waals surface area contributed by atoms with Crippen LogP contribution in [0.15, 0.2) is 12.1 Å². The molecule has 0 radical (unpaired) electrons. The van der Waals surface area contributed by atoms with Crippen LogP contribution in [0.1, 0.15) is 42.7 Å². The van der Waals surface area contributed by atoms with Gasteiger partial charge in [-0.1, -0.05) is 31.9 Å². The number of aromatic nitrogens is 1. The third-order valence-corrected chi connectivity index (χ3v) is 4.09. The van der Waals surface area contributed by atoms with Crippen LogP contribution in [-0.2, 0) is 6.42 Å². The van der Waals surface area contributed by atoms with E-state index in [9.17, 15) is 4.79 Å². The predicted molar refractivity (Wildman–Crippen MR) is 83.2 cm³/mol. The summed E-state index contributed by atoms with van der Waals surface area (Å²) in [6, 6.07) is 3.44. The summed E-state index contributed by atoms with van der Waals surface area (Å²) in [5, 5.41) is 3.86. The van der Waals surface area contributed by atoms with Crippen molar-refractivity contribution in [3.8, 4) is 0 Å². The van der Waals surface area contributed by atoms with E-state index in [2.05, 4.69) is 30.4 Å². The molecule has 1 unspecified atom stereocenters. The van der Waals surface area contributed by atoms with Crippen molar-refractivity contribution >= 4 is 29.3 Å². The quantitative estimate of drug-likeness (QED) is 0.783. The summed E-state index contributed by atoms with van der Waals surface area (Å²) in [6.07, 6.45) is 4.86. The first-order valence-corrected chi connectivity index (χ1v) is 8.20. The van der Waals surface area contributed by atoms with Gasteiger partial charge in [0.2, 0.25) is 0 Å². The number of carbonyl (C=O) groups excluding carboxylic acids is 1. The second-order valence-corrected chi connectivity index (χ2v) is 6.17. The summed E-state index contributed by atoms with van der Waals surface area (Å²) in [7, 11) is 0. The van der Waals surface area contributed by atoms with E-state index in [1.807, 2.05) is 6.07 Å². The zero-order valence-corrected chi connectivity index (χ0v) is 13.3. The van der Waals surface area contributed by atoms with Crippen LogP contribution in [0.4, 0.5) is 0 Å². The topological polar surface area (TPSA) is 42.0 Å². The zero-order chi connectivity index (χ0) is 14.3. The van der Waals surface area contributed by atoms with Crippen molar-refractivity contribution in [2.45, 2.75) is 38.4 Å². The molecule has 1 rings (SSSR count). The molecular weight excluding hydrogens is 280 g/mol. The fourth-order valence-corrected chi connectivity index (χ4v) is 2.26. The number of aryl methyl sites for hydroxylation is 1. The second-order valence-electron chi connectivity index (χ2n) is 4.51. The first-order valence-electron chi connectivity index (χ1n) is 6.54. The van der Waals surface area contributed by atoms with E-state index in [-0.39, 0.29) is 5.91 Å². The first-order chi connectivity index (χ1) is 9.06. The van der Waals surface area contributed by atoms with E-state index in [0.717, 1.165) is 25.0 Å². The van der Waals surface area contributed by atoms with Gasteiger partial charge >= 0.3 is 0 Å². The molecule has 1 aromatic rings. The molecule has 0 aliphatic rings. The van der Waals surface area contributed by atoms with Gasteiger partial charge < -0.3 is 5.32 Å². The van der Waals surface area contributed by atoms with Crippen LogP contribution >= 0.6 is 23.4 Å². The minimum Gasteiger partial charge on any atom is -0.352 e. The smallest absolute Gasteiger partial charge is 0.251 e. The number of carbonyl (C=O) groups is 1. The molecule has 0 saturated heterocycles. The van der Waals surface area contributed by atoms with Crippen molar-refractivity contribution in [3.63, 3.8) is 0 Å². The van der Waals surface area contributed by atoms with E-state index in [1.54, 1.807) is 17.8 Å². The molecule has 1 heterocycles. The number of halogens is 1. The number of hydrogen-bond donors (Lipinski definition) is 1. The summed E-state index contributed by atoms with van der Waals surface area (Å²) in [4.78, 5) is 16.2. The van der Waals surface area contributed by atoms with Crippen molar-refractivity contribution in [2.24, 2.45) is 0 Å². The minimum atomic E-state index is -0.0741. The lowest BCUT2D eigenvalue weighted by molar-refractivity contribution is 0.0953. The minimum absolute atomic E-state index is 0.0741. The van der Waals surface area contributed by atoms with Crippen LogP contribution in [0.2, 0.25) is 5.15 Å². The zero-order valence-electron chi connectivity index (χ0n) is 11.7. The summed E-state index contributed by atoms with van der Waals surface area (Å²) < 4.78 is 0. The number of nitrogens with zero attached hydrogens (tertiary/aromatic N) is 1. The Morgan fingerprint density at radius 3 is 2.89 bits per heavy atom. The van der Waals surface area contributed by atoms with E-state index in [0.29, 0.717) is 22.5 Å². The lowest BCUT2D eigenvalue weighted by Crippen LogP contribution is -2.26. The number of pyridine rings is 1. The van der Waals surface area contributed by atoms with Crippen LogP contribution in [0, 0.1) is 0 Å². The summed E-state index contributed by atoms with van der Waals surface area (Å²) in [5.41, 5.74) is 1.47. The Kier molecular flexibility index (Phi) is 7.24. The van der Waals surface area contributed by atoms with E-state index >= 15 is 0 Å². The van der Waals surface area contributed by atoms with E-state index < -0.39 is 0 Å². The molecule has 106 valence electrons. The number of hydrogen-bond acceptors (Lipinski definition) is 3. The standard InChI is InChI=1S/C14H21ClN2OS/c1-4-5-12-8-11(9-13(15)17-12)14(18)16-7-6-10(2)19-3/h8-10H,4-7H2,1-3H3,(H,16,18). The van der Waals surface area contributed by atoms with Crippen LogP contribution in [0.25, 0.3) is 0 Å². The Morgan fingerprint density at radius 1 is 1.53 bits per heavy atom. The number of rotatable bonds is 7. The van der Waals surface area contributed by atoms with Gasteiger partial charge in [0.15, 0.2) is 0 Å². The van der Waals surface area contributed by atoms with E-state index in [1.165, 1.54) is 0 Å². The molecule has 19 heavy (non-hydrogen) atoms. The molecule has 0 fully saturated rings. The van der Waals surface area contributed by atoms with Crippen LogP contribution in [0.5, 0.6) is 0 Å². The Balaban J connectivity index is 2.61. The van der Waals surface area contributed by atoms with Crippen molar-refractivity contribution in [1.29, 1.82) is 0 Å². The highest BCUT2D eigenvalue weighted by Crippen LogP contribution is 2.13. The molecule has 0 aromatic carbocycles. The summed E-state index contributed by atoms with van der Waals surface area (Å²) in [6.45, 7) is 4.91. The van der Waals surface area contributed by atoms with Gasteiger partial charge in [-0.05, 0) is 31.2 Å². The average molecular weight is 301 g/mol. The maximum atomic E-state index is 12.0. The number of thioether (sulfide) groups is 1. The van der Waals surface area contributed by atoms with Gasteiger partial charge in [-0.3, -0.25) is 4.79 Å². The Morgan fingerprint density at radius 2 is 2.26 bits per heavy atom. The molecule has 0 aliphatic heterocycles. The van der Waals surface area contributed by atoms with Crippen molar-refractivity contribution < 1.29 is 4.79 Å². The van der Waals surface area contributed by atoms with E-state index in [4.69, 9.17) is 11.6 Å². The van der Waals surface area contributed by atoms with Gasteiger partial charge in [0.05, 0.1) is 0 Å². The average Bonchev–Trinajstić information content (AvgIpc) is 2.38. The van der Waals surface area contributed by atoms with Crippen molar-refractivity contribution in [1.82, 2.24) is 10.3 Å². The third-order valence-electron chi connectivity index (χ3n) is 2.85. The number of amides is 1. The molecule has 0 spiro atoms. The SMILES string of the molecule is CCCc1cc(C(=O)NCCC(C)SC)cc(Cl)n1. The molecule has 1 atom stereocenters. The Labute approximate surface area is 124 Å². The molecule has 0 bridgehead atoms. The third kappa shape index (κ3) is 5.83. The van der Waals surface area contributed by atoms with Gasteiger partial charge in [-0.25, -0.2) is 4.98 Å². The molecular formula is C14H21ClN2OS. The predicted octanol–water partition coefficient (Wildman–Crippen LogP) is 3.56. The Hall–Kier alpha value is -0.740. The normalized spacial score (nSPS) is 12.2. The lowest BCUT2D eigenvalue weighted by atomic mass is 10.1. The molecule has 1 N–H and O–H groups in total. The monoisotopic (exact) mass is 300 g/mol. The van der Waals surface area contributed by atoms with Crippen LogP contribution in [-0.4, -0.2) is 28.9 Å². The molecule has 5 heteroatoms. The van der Waals surface area contributed by atoms with Gasteiger partial charge in [0.25, 0.3) is 5.91 Å². The first kappa shape index (κ1) is 16.3. The summed E-state index contributed by atoms with van der Waals surface area (Å²) in [5.74, 6) is -0.0741. The summed E-state index contributed by atoms with van der Waals surface area (Å²) >= 11 is 7.74. The number of nitrogens with one attached hydrogen (secondary N) is 1. The highest BCUT2D eigenvalue weighted by Gasteiger charge is 2.09. The second kappa shape index (κ2) is 8.43. The molecule has 1 aromatic heterocycles. The maximum Gasteiger partial charge on any atom is 0.251 e. The van der Waals surface area contributed by atoms with Crippen LogP contribution < -0.4 is 5.32 Å². The van der Waals surface area contributed by atoms with Crippen LogP contribution in [0.3, 0.4) is 0 Å². The molecule has 0 saturated carbocycles. The van der Waals surface area contributed by atoms with Gasteiger partial charge in [-0.2, -0.15) is 11.8 Å². The lowest BCUT2D eigenvalue weighted by Gasteiger charge is -2.10. The van der Waals surface area contributed by atoms with Gasteiger partial charge in [0, 0.05) is 23.1 Å². The Bertz CT molecular complexity index is 426. The highest BCUT2D eigenvalue weighted by atomic mass is 35.5. The fraction of sp³-hybridized carbons (Fsp3) is 0.571. The van der Waals surface area contributed by atoms with Gasteiger partial charge in [-0.15, -0.1) is 0 Å². The van der Waals surface area contributed by atoms with Crippen molar-refractivity contribution in [3.05, 3.63) is 28.5 Å².